The van der Waals surface area contributed by atoms with Crippen LogP contribution in [0.1, 0.15) is 6.42 Å². The quantitative estimate of drug-likeness (QED) is 0.567. The molecule has 0 fully saturated rings. The standard InChI is InChI=1S/C9H13O3Si/c10-8-4-1-2-5-9(8)12-6-3-7-13-11/h1-2,4-5,10H,3,6-7,13H2. The molecule has 0 heterocycles. The Morgan fingerprint density at radius 2 is 2.15 bits per heavy atom. The predicted molar refractivity (Wildman–Crippen MR) is 52.3 cm³/mol. The molecule has 1 radical (unpaired) electrons. The number of phenols is 1. The van der Waals surface area contributed by atoms with Crippen molar-refractivity contribution in [3.63, 3.8) is 0 Å². The molecule has 3 nitrogen and oxygen atoms in total. The van der Waals surface area contributed by atoms with Crippen LogP contribution in [-0.4, -0.2) is 21.5 Å². The lowest BCUT2D eigenvalue weighted by Gasteiger charge is -2.06. The van der Waals surface area contributed by atoms with Gasteiger partial charge in [-0.1, -0.05) is 12.1 Å². The van der Waals surface area contributed by atoms with E-state index in [4.69, 9.17) is 4.74 Å². The van der Waals surface area contributed by atoms with Gasteiger partial charge in [0.15, 0.2) is 11.5 Å². The minimum absolute atomic E-state index is 0.155. The highest BCUT2D eigenvalue weighted by atomic mass is 28.2. The summed E-state index contributed by atoms with van der Waals surface area (Å²) in [6.07, 6.45) is 0.796. The third-order valence-corrected chi connectivity index (χ3v) is 2.45. The second-order valence-electron chi connectivity index (χ2n) is 2.73. The molecule has 13 heavy (non-hydrogen) atoms. The van der Waals surface area contributed by atoms with E-state index in [2.05, 4.69) is 0 Å². The first-order chi connectivity index (χ1) is 6.34. The Bertz CT molecular complexity index is 252. The molecular formula is C9H13O3Si. The molecule has 0 unspecified atom stereocenters. The van der Waals surface area contributed by atoms with E-state index in [1.54, 1.807) is 24.3 Å². The Labute approximate surface area is 79.9 Å². The lowest BCUT2D eigenvalue weighted by molar-refractivity contribution is 0.297. The molecule has 1 aromatic rings. The minimum Gasteiger partial charge on any atom is -0.504 e. The van der Waals surface area contributed by atoms with Gasteiger partial charge >= 0.3 is 0 Å². The molecule has 71 valence electrons. The van der Waals surface area contributed by atoms with E-state index in [1.807, 2.05) is 0 Å². The van der Waals surface area contributed by atoms with E-state index in [1.165, 1.54) is 0 Å². The highest BCUT2D eigenvalue weighted by Crippen LogP contribution is 2.24. The minimum atomic E-state index is -1.09. The van der Waals surface area contributed by atoms with Crippen LogP contribution in [0.4, 0.5) is 0 Å². The molecule has 1 rings (SSSR count). The molecule has 1 N–H and O–H groups in total. The van der Waals surface area contributed by atoms with Gasteiger partial charge in [-0.2, -0.15) is 0 Å². The highest BCUT2D eigenvalue weighted by molar-refractivity contribution is 6.24. The van der Waals surface area contributed by atoms with Crippen molar-refractivity contribution in [1.82, 2.24) is 0 Å². The number of aromatic hydroxyl groups is 1. The number of ether oxygens (including phenoxy) is 1. The predicted octanol–water partition coefficient (Wildman–Crippen LogP) is 1.09. The Morgan fingerprint density at radius 3 is 2.85 bits per heavy atom. The maximum absolute atomic E-state index is 10.2. The molecule has 0 aliphatic carbocycles. The van der Waals surface area contributed by atoms with E-state index in [9.17, 15) is 9.90 Å². The molecular weight excluding hydrogens is 184 g/mol. The van der Waals surface area contributed by atoms with Crippen LogP contribution >= 0.6 is 0 Å². The van der Waals surface area contributed by atoms with Gasteiger partial charge in [0.1, 0.15) is 0 Å². The first kappa shape index (κ1) is 10.1. The fourth-order valence-electron chi connectivity index (χ4n) is 0.965. The van der Waals surface area contributed by atoms with Crippen molar-refractivity contribution in [3.8, 4) is 11.5 Å². The van der Waals surface area contributed by atoms with Crippen molar-refractivity contribution >= 4 is 9.76 Å². The first-order valence-electron chi connectivity index (χ1n) is 4.33. The summed E-state index contributed by atoms with van der Waals surface area (Å²) in [6, 6.07) is 7.60. The molecule has 0 atom stereocenters. The van der Waals surface area contributed by atoms with Crippen LogP contribution in [0.25, 0.3) is 0 Å². The maximum Gasteiger partial charge on any atom is 0.207 e. The highest BCUT2D eigenvalue weighted by Gasteiger charge is 1.98. The Balaban J connectivity index is 2.32. The SMILES string of the molecule is [O][SiH2]CCCOc1ccccc1O. The topological polar surface area (TPSA) is 49.4 Å². The molecule has 0 amide bonds. The van der Waals surface area contributed by atoms with Crippen molar-refractivity contribution in [2.45, 2.75) is 12.5 Å². The summed E-state index contributed by atoms with van der Waals surface area (Å²) in [4.78, 5) is 10.2. The summed E-state index contributed by atoms with van der Waals surface area (Å²) in [5.74, 6) is 0.650. The summed E-state index contributed by atoms with van der Waals surface area (Å²) in [7, 11) is -1.09. The zero-order valence-corrected chi connectivity index (χ0v) is 8.82. The van der Waals surface area contributed by atoms with Gasteiger partial charge in [-0.15, -0.1) is 0 Å². The van der Waals surface area contributed by atoms with Crippen LogP contribution < -0.4 is 4.74 Å². The second-order valence-corrected chi connectivity index (χ2v) is 3.84. The van der Waals surface area contributed by atoms with Gasteiger partial charge in [0.2, 0.25) is 9.76 Å². The van der Waals surface area contributed by atoms with Crippen LogP contribution in [-0.2, 0) is 4.80 Å². The zero-order valence-electron chi connectivity index (χ0n) is 7.40. The number of phenolic OH excluding ortho intramolecular Hbond substituents is 1. The zero-order chi connectivity index (χ0) is 9.52. The fraction of sp³-hybridized carbons (Fsp3) is 0.333. The van der Waals surface area contributed by atoms with Crippen LogP contribution in [0.3, 0.4) is 0 Å². The normalized spacial score (nSPS) is 10.8. The largest absolute Gasteiger partial charge is 0.504 e. The van der Waals surface area contributed by atoms with E-state index >= 15 is 0 Å². The summed E-state index contributed by atoms with van der Waals surface area (Å²) in [5.41, 5.74) is 0. The smallest absolute Gasteiger partial charge is 0.207 e. The van der Waals surface area contributed by atoms with Crippen molar-refractivity contribution in [2.24, 2.45) is 0 Å². The van der Waals surface area contributed by atoms with Gasteiger partial charge in [-0.25, -0.2) is 0 Å². The molecule has 0 saturated carbocycles. The monoisotopic (exact) mass is 197 g/mol. The van der Waals surface area contributed by atoms with Crippen molar-refractivity contribution in [1.29, 1.82) is 0 Å². The molecule has 0 aliphatic heterocycles. The number of para-hydroxylation sites is 2. The van der Waals surface area contributed by atoms with Gasteiger partial charge in [0, 0.05) is 0 Å². The van der Waals surface area contributed by atoms with Crippen molar-refractivity contribution in [2.75, 3.05) is 6.61 Å². The van der Waals surface area contributed by atoms with Crippen molar-refractivity contribution < 1.29 is 14.6 Å². The summed E-state index contributed by atoms with van der Waals surface area (Å²) >= 11 is 0. The molecule has 1 aromatic carbocycles. The molecule has 0 bridgehead atoms. The van der Waals surface area contributed by atoms with Gasteiger partial charge < -0.3 is 14.6 Å². The average molecular weight is 197 g/mol. The van der Waals surface area contributed by atoms with Gasteiger partial charge in [-0.3, -0.25) is 0 Å². The third kappa shape index (κ3) is 3.48. The lowest BCUT2D eigenvalue weighted by Crippen LogP contribution is -1.98. The summed E-state index contributed by atoms with van der Waals surface area (Å²) < 4.78 is 5.27. The number of hydrogen-bond acceptors (Lipinski definition) is 2. The van der Waals surface area contributed by atoms with Gasteiger partial charge in [-0.05, 0) is 24.6 Å². The van der Waals surface area contributed by atoms with E-state index in [-0.39, 0.29) is 5.75 Å². The molecule has 0 saturated heterocycles. The van der Waals surface area contributed by atoms with Crippen LogP contribution in [0.5, 0.6) is 11.5 Å². The van der Waals surface area contributed by atoms with E-state index < -0.39 is 9.76 Å². The first-order valence-corrected chi connectivity index (χ1v) is 5.91. The number of hydrogen-bond donors (Lipinski definition) is 1. The van der Waals surface area contributed by atoms with Gasteiger partial charge in [0.05, 0.1) is 6.61 Å². The van der Waals surface area contributed by atoms with Gasteiger partial charge in [0.25, 0.3) is 0 Å². The average Bonchev–Trinajstić information content (AvgIpc) is 2.15. The van der Waals surface area contributed by atoms with Crippen molar-refractivity contribution in [3.05, 3.63) is 24.3 Å². The number of rotatable bonds is 5. The van der Waals surface area contributed by atoms with Crippen LogP contribution in [0.2, 0.25) is 6.04 Å². The summed E-state index contributed by atoms with van der Waals surface area (Å²) in [6.45, 7) is 0.521. The molecule has 0 spiro atoms. The second kappa shape index (κ2) is 5.61. The lowest BCUT2D eigenvalue weighted by atomic mass is 10.3. The Kier molecular flexibility index (Phi) is 4.35. The fourth-order valence-corrected chi connectivity index (χ4v) is 1.37. The molecule has 4 heteroatoms. The third-order valence-electron chi connectivity index (χ3n) is 1.66. The summed E-state index contributed by atoms with van der Waals surface area (Å²) in [5, 5.41) is 9.29. The molecule has 0 aliphatic rings. The van der Waals surface area contributed by atoms with E-state index in [0.717, 1.165) is 12.5 Å². The number of benzene rings is 1. The Morgan fingerprint density at radius 1 is 1.38 bits per heavy atom. The van der Waals surface area contributed by atoms with Crippen LogP contribution in [0.15, 0.2) is 24.3 Å². The molecule has 0 aromatic heterocycles. The maximum atomic E-state index is 10.2. The van der Waals surface area contributed by atoms with Crippen LogP contribution in [0, 0.1) is 0 Å². The van der Waals surface area contributed by atoms with E-state index in [0.29, 0.717) is 12.4 Å². The Hall–Kier alpha value is -1.00.